The van der Waals surface area contributed by atoms with Crippen LogP contribution in [0.1, 0.15) is 20.8 Å². The third kappa shape index (κ3) is 4.08. The lowest BCUT2D eigenvalue weighted by Crippen LogP contribution is -2.12. The minimum Gasteiger partial charge on any atom is -0.321 e. The second-order valence-electron chi connectivity index (χ2n) is 5.91. The fourth-order valence-electron chi connectivity index (χ4n) is 2.64. The number of hydrogen-bond donors (Lipinski definition) is 1. The zero-order valence-electron chi connectivity index (χ0n) is 14.4. The molecule has 0 unspecified atom stereocenters. The number of thiophene rings is 1. The molecule has 6 heteroatoms. The number of halogens is 1. The van der Waals surface area contributed by atoms with Crippen molar-refractivity contribution < 1.29 is 13.4 Å². The second-order valence-corrected chi connectivity index (χ2v) is 8.42. The Morgan fingerprint density at radius 3 is 2.62 bits per heavy atom. The van der Waals surface area contributed by atoms with E-state index in [1.54, 1.807) is 36.6 Å². The van der Waals surface area contributed by atoms with Crippen molar-refractivity contribution in [3.8, 4) is 10.4 Å². The Bertz CT molecular complexity index is 981. The lowest BCUT2D eigenvalue weighted by Gasteiger charge is -2.11. The average Bonchev–Trinajstić information content (AvgIpc) is 3.08. The number of hydrogen-bond acceptors (Lipinski definition) is 3. The predicted octanol–water partition coefficient (Wildman–Crippen LogP) is 4.99. The molecule has 3 nitrogen and oxygen atoms in total. The van der Waals surface area contributed by atoms with Crippen molar-refractivity contribution >= 4 is 33.7 Å². The molecule has 1 amide bonds. The summed E-state index contributed by atoms with van der Waals surface area (Å²) in [6.07, 6.45) is 1.65. The van der Waals surface area contributed by atoms with E-state index in [0.29, 0.717) is 26.8 Å². The molecule has 0 bridgehead atoms. The van der Waals surface area contributed by atoms with Gasteiger partial charge in [-0.15, -0.1) is 11.3 Å². The Labute approximate surface area is 158 Å². The van der Waals surface area contributed by atoms with Crippen molar-refractivity contribution in [3.63, 3.8) is 0 Å². The van der Waals surface area contributed by atoms with Gasteiger partial charge in [-0.1, -0.05) is 30.3 Å². The van der Waals surface area contributed by atoms with Gasteiger partial charge in [0.15, 0.2) is 0 Å². The van der Waals surface area contributed by atoms with Gasteiger partial charge in [0.25, 0.3) is 5.91 Å². The van der Waals surface area contributed by atoms with E-state index in [1.807, 2.05) is 25.1 Å². The third-order valence-corrected chi connectivity index (χ3v) is 5.86. The molecule has 0 radical (unpaired) electrons. The van der Waals surface area contributed by atoms with E-state index in [2.05, 4.69) is 5.32 Å². The number of rotatable bonds is 5. The molecule has 1 N–H and O–H groups in total. The fourth-order valence-corrected chi connectivity index (χ4v) is 4.32. The Kier molecular flexibility index (Phi) is 5.64. The normalized spacial score (nSPS) is 12.0. The monoisotopic (exact) mass is 387 g/mol. The molecule has 1 atom stereocenters. The summed E-state index contributed by atoms with van der Waals surface area (Å²) in [4.78, 5) is 13.8. The summed E-state index contributed by atoms with van der Waals surface area (Å²) in [5, 5.41) is 2.90. The van der Waals surface area contributed by atoms with E-state index in [9.17, 15) is 13.4 Å². The van der Waals surface area contributed by atoms with Crippen molar-refractivity contribution in [3.05, 3.63) is 76.4 Å². The van der Waals surface area contributed by atoms with Gasteiger partial charge in [-0.2, -0.15) is 0 Å². The molecule has 0 fully saturated rings. The van der Waals surface area contributed by atoms with Crippen molar-refractivity contribution in [1.29, 1.82) is 0 Å². The number of nitrogens with one attached hydrogen (secondary N) is 1. The van der Waals surface area contributed by atoms with Gasteiger partial charge in [-0.25, -0.2) is 4.39 Å². The molecular formula is C20H18FNO2S2. The topological polar surface area (TPSA) is 46.2 Å². The molecule has 1 aromatic heterocycles. The van der Waals surface area contributed by atoms with Crippen LogP contribution >= 0.6 is 11.3 Å². The summed E-state index contributed by atoms with van der Waals surface area (Å²) >= 11 is 1.25. The first-order valence-corrected chi connectivity index (χ1v) is 10.5. The van der Waals surface area contributed by atoms with Gasteiger partial charge in [-0.05, 0) is 42.3 Å². The van der Waals surface area contributed by atoms with Crippen LogP contribution in [0.5, 0.6) is 0 Å². The van der Waals surface area contributed by atoms with Crippen molar-refractivity contribution in [2.24, 2.45) is 0 Å². The molecule has 134 valence electrons. The highest BCUT2D eigenvalue weighted by molar-refractivity contribution is 7.83. The maximum atomic E-state index is 13.9. The van der Waals surface area contributed by atoms with Crippen LogP contribution in [0, 0.1) is 12.7 Å². The van der Waals surface area contributed by atoms with Crippen molar-refractivity contribution in [2.45, 2.75) is 12.7 Å². The Morgan fingerprint density at radius 1 is 1.12 bits per heavy atom. The maximum Gasteiger partial charge on any atom is 0.265 e. The van der Waals surface area contributed by atoms with Gasteiger partial charge in [0, 0.05) is 38.9 Å². The van der Waals surface area contributed by atoms with Crippen LogP contribution in [0.4, 0.5) is 10.1 Å². The van der Waals surface area contributed by atoms with Crippen LogP contribution in [0.3, 0.4) is 0 Å². The highest BCUT2D eigenvalue weighted by atomic mass is 32.2. The largest absolute Gasteiger partial charge is 0.321 e. The number of carbonyl (C=O) groups excluding carboxylic acids is 1. The minimum absolute atomic E-state index is 0.240. The van der Waals surface area contributed by atoms with Gasteiger partial charge in [0.2, 0.25) is 0 Å². The lowest BCUT2D eigenvalue weighted by molar-refractivity contribution is 0.103. The molecular weight excluding hydrogens is 369 g/mol. The zero-order chi connectivity index (χ0) is 18.7. The second kappa shape index (κ2) is 7.93. The Morgan fingerprint density at radius 2 is 1.88 bits per heavy atom. The highest BCUT2D eigenvalue weighted by Crippen LogP contribution is 2.30. The molecule has 0 saturated carbocycles. The zero-order valence-corrected chi connectivity index (χ0v) is 16.0. The molecule has 26 heavy (non-hydrogen) atoms. The molecule has 3 aromatic rings. The van der Waals surface area contributed by atoms with Crippen LogP contribution in [0.2, 0.25) is 0 Å². The Balaban J connectivity index is 1.82. The Hall–Kier alpha value is -2.31. The predicted molar refractivity (Wildman–Crippen MR) is 107 cm³/mol. The van der Waals surface area contributed by atoms with Gasteiger partial charge in [0.1, 0.15) is 5.82 Å². The summed E-state index contributed by atoms with van der Waals surface area (Å²) in [5.74, 6) is -0.0979. The molecule has 0 aliphatic heterocycles. The summed E-state index contributed by atoms with van der Waals surface area (Å²) in [5.41, 5.74) is 3.03. The van der Waals surface area contributed by atoms with E-state index in [4.69, 9.17) is 0 Å². The number of anilines is 1. The quantitative estimate of drug-likeness (QED) is 0.670. The van der Waals surface area contributed by atoms with Crippen molar-refractivity contribution in [1.82, 2.24) is 0 Å². The summed E-state index contributed by atoms with van der Waals surface area (Å²) in [6, 6.07) is 15.5. The molecule has 3 rings (SSSR count). The van der Waals surface area contributed by atoms with Gasteiger partial charge < -0.3 is 5.32 Å². The van der Waals surface area contributed by atoms with Crippen LogP contribution in [0.15, 0.2) is 54.6 Å². The van der Waals surface area contributed by atoms with Crippen molar-refractivity contribution in [2.75, 3.05) is 11.6 Å². The van der Waals surface area contributed by atoms with E-state index in [0.717, 1.165) is 11.1 Å². The van der Waals surface area contributed by atoms with E-state index in [1.165, 1.54) is 17.4 Å². The molecule has 0 aliphatic rings. The third-order valence-electron chi connectivity index (χ3n) is 4.02. The first-order chi connectivity index (χ1) is 12.5. The number of amides is 1. The maximum absolute atomic E-state index is 13.9. The SMILES string of the molecule is Cc1c(C[S@@](C)=O)cccc1NC(=O)c1ccc(-c2ccccc2F)s1. The summed E-state index contributed by atoms with van der Waals surface area (Å²) < 4.78 is 25.4. The first-order valence-electron chi connectivity index (χ1n) is 8.00. The van der Waals surface area contributed by atoms with Gasteiger partial charge in [-0.3, -0.25) is 9.00 Å². The van der Waals surface area contributed by atoms with E-state index < -0.39 is 10.8 Å². The van der Waals surface area contributed by atoms with E-state index in [-0.39, 0.29) is 11.7 Å². The first kappa shape index (κ1) is 18.5. The molecule has 1 heterocycles. The van der Waals surface area contributed by atoms with Gasteiger partial charge >= 0.3 is 0 Å². The smallest absolute Gasteiger partial charge is 0.265 e. The molecule has 2 aromatic carbocycles. The molecule has 0 saturated heterocycles. The highest BCUT2D eigenvalue weighted by Gasteiger charge is 2.14. The minimum atomic E-state index is -0.950. The molecule has 0 aliphatic carbocycles. The van der Waals surface area contributed by atoms with Gasteiger partial charge in [0.05, 0.1) is 4.88 Å². The van der Waals surface area contributed by atoms with Crippen LogP contribution in [0.25, 0.3) is 10.4 Å². The lowest BCUT2D eigenvalue weighted by atomic mass is 10.1. The summed E-state index contributed by atoms with van der Waals surface area (Å²) in [6.45, 7) is 1.90. The summed E-state index contributed by atoms with van der Waals surface area (Å²) in [7, 11) is -0.950. The average molecular weight is 388 g/mol. The fraction of sp³-hybridized carbons (Fsp3) is 0.150. The number of benzene rings is 2. The number of carbonyl (C=O) groups is 1. The van der Waals surface area contributed by atoms with E-state index >= 15 is 0 Å². The molecule has 0 spiro atoms. The van der Waals surface area contributed by atoms with Crippen LogP contribution < -0.4 is 5.32 Å². The van der Waals surface area contributed by atoms with Crippen LogP contribution in [-0.2, 0) is 16.6 Å². The standard InChI is InChI=1S/C20H18FNO2S2/c1-13-14(12-26(2)24)6-5-9-17(13)22-20(23)19-11-10-18(25-19)15-7-3-4-8-16(15)21/h3-11H,12H2,1-2H3,(H,22,23)/t26-/m1/s1. The van der Waals surface area contributed by atoms with Crippen LogP contribution in [-0.4, -0.2) is 16.4 Å².